The minimum absolute atomic E-state index is 0.0140. The van der Waals surface area contributed by atoms with Crippen LogP contribution < -0.4 is 20.4 Å². The Balaban J connectivity index is 1.37. The summed E-state index contributed by atoms with van der Waals surface area (Å²) in [6, 6.07) is 1.36. The number of carbonyl (C=O) groups is 4. The maximum absolute atomic E-state index is 15.2. The molecule has 0 spiro atoms. The second kappa shape index (κ2) is 13.0. The fraction of sp³-hybridized carbons (Fsp3) is 0.519. The smallest absolute Gasteiger partial charge is 0.414 e. The molecule has 2 fully saturated rings. The van der Waals surface area contributed by atoms with Crippen LogP contribution in [0, 0.1) is 17.6 Å². The summed E-state index contributed by atoms with van der Waals surface area (Å²) in [4.78, 5) is 57.8. The highest BCUT2D eigenvalue weighted by Gasteiger charge is 2.35. The fourth-order valence-electron chi connectivity index (χ4n) is 4.87. The molecule has 2 unspecified atom stereocenters. The average molecular weight is 577 g/mol. The third-order valence-electron chi connectivity index (χ3n) is 7.13. The van der Waals surface area contributed by atoms with Crippen molar-refractivity contribution < 1.29 is 37.4 Å². The Morgan fingerprint density at radius 3 is 2.41 bits per heavy atom. The molecule has 0 aromatic heterocycles. The molecule has 3 aliphatic heterocycles. The van der Waals surface area contributed by atoms with Crippen molar-refractivity contribution in [1.29, 1.82) is 0 Å². The van der Waals surface area contributed by atoms with E-state index in [4.69, 9.17) is 4.74 Å². The topological polar surface area (TPSA) is 133 Å². The van der Waals surface area contributed by atoms with E-state index in [2.05, 4.69) is 20.4 Å². The van der Waals surface area contributed by atoms with Crippen LogP contribution in [0.2, 0.25) is 0 Å². The number of carbonyl (C=O) groups excluding carboxylic acids is 4. The number of nitrogens with zero attached hydrogens (tertiary/aromatic N) is 4. The Hall–Kier alpha value is -4.23. The van der Waals surface area contributed by atoms with Crippen LogP contribution in [0.1, 0.15) is 20.3 Å². The van der Waals surface area contributed by atoms with Crippen LogP contribution >= 0.6 is 0 Å². The van der Waals surface area contributed by atoms with E-state index in [9.17, 15) is 19.2 Å². The Kier molecular flexibility index (Phi) is 9.40. The summed E-state index contributed by atoms with van der Waals surface area (Å²) in [6.07, 6.45) is 1.87. The van der Waals surface area contributed by atoms with Gasteiger partial charge < -0.3 is 29.9 Å². The van der Waals surface area contributed by atoms with E-state index >= 15 is 8.78 Å². The lowest BCUT2D eigenvalue weighted by atomic mass is 10.0. The number of ether oxygens (including phenoxy) is 2. The van der Waals surface area contributed by atoms with Crippen molar-refractivity contribution in [2.75, 3.05) is 62.7 Å². The summed E-state index contributed by atoms with van der Waals surface area (Å²) in [5.74, 6) is -2.48. The first kappa shape index (κ1) is 29.7. The summed E-state index contributed by atoms with van der Waals surface area (Å²) < 4.78 is 40.1. The van der Waals surface area contributed by atoms with Gasteiger partial charge in [0.2, 0.25) is 11.8 Å². The molecule has 0 aliphatic carbocycles. The molecule has 2 N–H and O–H groups in total. The summed E-state index contributed by atoms with van der Waals surface area (Å²) in [5, 5.41) is 5.24. The molecule has 3 aliphatic rings. The average Bonchev–Trinajstić information content (AvgIpc) is 3.34. The Bertz CT molecular complexity index is 1220. The maximum Gasteiger partial charge on any atom is 0.414 e. The Morgan fingerprint density at radius 2 is 1.83 bits per heavy atom. The molecule has 0 bridgehead atoms. The van der Waals surface area contributed by atoms with Crippen LogP contribution in [-0.2, 0) is 19.1 Å². The van der Waals surface area contributed by atoms with Gasteiger partial charge in [0.05, 0.1) is 32.4 Å². The summed E-state index contributed by atoms with van der Waals surface area (Å²) in [7, 11) is 1.20. The highest BCUT2D eigenvalue weighted by molar-refractivity contribution is 5.98. The first-order chi connectivity index (χ1) is 19.6. The van der Waals surface area contributed by atoms with E-state index in [0.29, 0.717) is 12.0 Å². The van der Waals surface area contributed by atoms with E-state index in [1.165, 1.54) is 12.0 Å². The molecule has 12 nitrogen and oxygen atoms in total. The van der Waals surface area contributed by atoms with Crippen LogP contribution in [0.15, 0.2) is 28.8 Å². The van der Waals surface area contributed by atoms with Crippen LogP contribution in [0.5, 0.6) is 0 Å². The number of nitrogens with one attached hydrogen (secondary N) is 2. The molecule has 2 atom stereocenters. The lowest BCUT2D eigenvalue weighted by molar-refractivity contribution is -0.137. The number of dihydropyridines is 1. The van der Waals surface area contributed by atoms with Gasteiger partial charge in [-0.15, -0.1) is 0 Å². The largest absolute Gasteiger partial charge is 0.453 e. The van der Waals surface area contributed by atoms with Crippen LogP contribution in [0.3, 0.4) is 0 Å². The van der Waals surface area contributed by atoms with Gasteiger partial charge in [-0.25, -0.2) is 18.4 Å². The molecule has 1 aromatic carbocycles. The van der Waals surface area contributed by atoms with E-state index < -0.39 is 36.0 Å². The van der Waals surface area contributed by atoms with Gasteiger partial charge in [-0.3, -0.25) is 19.5 Å². The van der Waals surface area contributed by atoms with Crippen molar-refractivity contribution in [2.45, 2.75) is 32.4 Å². The molecule has 0 saturated carbocycles. The number of piperazine rings is 1. The molecule has 0 radical (unpaired) electrons. The van der Waals surface area contributed by atoms with Crippen LogP contribution in [-0.4, -0.2) is 100 Å². The first-order valence-electron chi connectivity index (χ1n) is 13.4. The van der Waals surface area contributed by atoms with Gasteiger partial charge >= 0.3 is 12.2 Å². The second-order valence-corrected chi connectivity index (χ2v) is 10.2. The monoisotopic (exact) mass is 576 g/mol. The molecule has 222 valence electrons. The van der Waals surface area contributed by atoms with E-state index in [0.717, 1.165) is 17.0 Å². The second-order valence-electron chi connectivity index (χ2n) is 10.2. The number of halogens is 2. The Labute approximate surface area is 236 Å². The predicted octanol–water partition coefficient (Wildman–Crippen LogP) is 1.84. The predicted molar refractivity (Wildman–Crippen MR) is 146 cm³/mol. The number of hydrogen-bond acceptors (Lipinski definition) is 8. The van der Waals surface area contributed by atoms with Gasteiger partial charge in [0.15, 0.2) is 11.6 Å². The molecule has 14 heteroatoms. The third kappa shape index (κ3) is 6.92. The van der Waals surface area contributed by atoms with Crippen LogP contribution in [0.4, 0.5) is 29.7 Å². The number of hydrogen-bond donors (Lipinski definition) is 2. The number of alkyl carbamates (subject to hydrolysis) is 1. The first-order valence-corrected chi connectivity index (χ1v) is 13.4. The van der Waals surface area contributed by atoms with E-state index in [-0.39, 0.29) is 74.9 Å². The van der Waals surface area contributed by atoms with Crippen molar-refractivity contribution in [3.8, 4) is 0 Å². The molecule has 41 heavy (non-hydrogen) atoms. The molecule has 3 heterocycles. The number of anilines is 2. The molecule has 2 saturated heterocycles. The number of allylic oxidation sites excluding steroid dienone is 1. The van der Waals surface area contributed by atoms with E-state index in [1.54, 1.807) is 17.2 Å². The zero-order valence-corrected chi connectivity index (χ0v) is 23.2. The standard InChI is InChI=1S/C27H34F2N6O6/c1-16(2)22(32-24(36)17-5-4-6-30-13-17)25(37)34-9-7-33(8-10-34)23-20(28)11-18(12-21(23)29)35-15-19(41-27(35)39)14-31-26(38)40-3/h5-6,11-12,16,19,22H,4,7-10,13-15H2,1-3H3,(H,31,38)(H,32,36). The number of aliphatic imine (C=N–C) groups is 1. The molecule has 4 rings (SSSR count). The van der Waals surface area contributed by atoms with Crippen molar-refractivity contribution in [3.63, 3.8) is 0 Å². The van der Waals surface area contributed by atoms with Gasteiger partial charge in [-0.1, -0.05) is 19.9 Å². The lowest BCUT2D eigenvalue weighted by Crippen LogP contribution is -2.57. The molecule has 4 amide bonds. The zero-order valence-electron chi connectivity index (χ0n) is 23.2. The van der Waals surface area contributed by atoms with Gasteiger partial charge in [0.1, 0.15) is 17.8 Å². The lowest BCUT2D eigenvalue weighted by Gasteiger charge is -2.38. The van der Waals surface area contributed by atoms with Gasteiger partial charge in [-0.05, 0) is 5.92 Å². The fourth-order valence-corrected chi connectivity index (χ4v) is 4.87. The maximum atomic E-state index is 15.2. The number of cyclic esters (lactones) is 1. The summed E-state index contributed by atoms with van der Waals surface area (Å²) >= 11 is 0. The van der Waals surface area contributed by atoms with Gasteiger partial charge in [0, 0.05) is 56.5 Å². The van der Waals surface area contributed by atoms with Gasteiger partial charge in [0.25, 0.3) is 0 Å². The van der Waals surface area contributed by atoms with E-state index in [1.807, 2.05) is 13.8 Å². The third-order valence-corrected chi connectivity index (χ3v) is 7.13. The zero-order chi connectivity index (χ0) is 29.7. The van der Waals surface area contributed by atoms with Crippen molar-refractivity contribution in [3.05, 3.63) is 35.4 Å². The Morgan fingerprint density at radius 1 is 1.15 bits per heavy atom. The van der Waals surface area contributed by atoms with Crippen molar-refractivity contribution >= 4 is 41.6 Å². The highest BCUT2D eigenvalue weighted by atomic mass is 19.1. The molecular weight excluding hydrogens is 542 g/mol. The van der Waals surface area contributed by atoms with Crippen LogP contribution in [0.25, 0.3) is 0 Å². The highest BCUT2D eigenvalue weighted by Crippen LogP contribution is 2.31. The number of benzene rings is 1. The molecule has 1 aromatic rings. The number of amides is 4. The van der Waals surface area contributed by atoms with Gasteiger partial charge in [-0.2, -0.15) is 0 Å². The normalized spacial score (nSPS) is 19.6. The van der Waals surface area contributed by atoms with Crippen molar-refractivity contribution in [1.82, 2.24) is 15.5 Å². The summed E-state index contributed by atoms with van der Waals surface area (Å²) in [6.45, 7) is 4.67. The van der Waals surface area contributed by atoms with Crippen molar-refractivity contribution in [2.24, 2.45) is 10.9 Å². The SMILES string of the molecule is COC(=O)NCC1CN(c2cc(F)c(N3CCN(C(=O)C(NC(=O)C4=CCC=NC4)C(C)C)CC3)c(F)c2)C(=O)O1. The molecular formula is C27H34F2N6O6. The summed E-state index contributed by atoms with van der Waals surface area (Å²) in [5.41, 5.74) is 0.244. The number of methoxy groups -OCH3 is 1. The quantitative estimate of drug-likeness (QED) is 0.483. The number of rotatable bonds is 8. The minimum atomic E-state index is -0.862. The minimum Gasteiger partial charge on any atom is -0.453 e.